The molecule has 0 amide bonds. The fourth-order valence-corrected chi connectivity index (χ4v) is 4.01. The quantitative estimate of drug-likeness (QED) is 0.901. The van der Waals surface area contributed by atoms with Crippen molar-refractivity contribution in [3.8, 4) is 0 Å². The lowest BCUT2D eigenvalue weighted by Gasteiger charge is -2.30. The zero-order valence-electron chi connectivity index (χ0n) is 13.6. The summed E-state index contributed by atoms with van der Waals surface area (Å²) in [5.41, 5.74) is 0.665. The van der Waals surface area contributed by atoms with Crippen LogP contribution >= 0.6 is 0 Å². The van der Waals surface area contributed by atoms with E-state index >= 15 is 0 Å². The van der Waals surface area contributed by atoms with Gasteiger partial charge >= 0.3 is 0 Å². The van der Waals surface area contributed by atoms with Crippen LogP contribution in [0.1, 0.15) is 24.8 Å². The zero-order valence-corrected chi connectivity index (χ0v) is 13.6. The summed E-state index contributed by atoms with van der Waals surface area (Å²) in [5, 5.41) is 9.67. The first-order valence-electron chi connectivity index (χ1n) is 8.64. The van der Waals surface area contributed by atoms with Gasteiger partial charge in [0, 0.05) is 38.9 Å². The monoisotopic (exact) mass is 324 g/mol. The van der Waals surface area contributed by atoms with Crippen molar-refractivity contribution in [1.29, 1.82) is 0 Å². The molecule has 1 aromatic carbocycles. The van der Waals surface area contributed by atoms with Crippen LogP contribution < -0.4 is 0 Å². The van der Waals surface area contributed by atoms with Crippen LogP contribution in [0.3, 0.4) is 0 Å². The molecule has 2 heterocycles. The third kappa shape index (κ3) is 4.49. The van der Waals surface area contributed by atoms with Gasteiger partial charge in [0.2, 0.25) is 0 Å². The number of hydrogen-bond donors (Lipinski definition) is 1. The Kier molecular flexibility index (Phi) is 5.62. The second-order valence-corrected chi connectivity index (χ2v) is 7.04. The first kappa shape index (κ1) is 16.8. The molecule has 0 saturated carbocycles. The Labute approximate surface area is 136 Å². The molecule has 1 aromatic rings. The largest absolute Gasteiger partial charge is 0.396 e. The van der Waals surface area contributed by atoms with Gasteiger partial charge in [0.25, 0.3) is 0 Å². The molecular weight excluding hydrogens is 298 g/mol. The molecular formula is C18H26F2N2O. The lowest BCUT2D eigenvalue weighted by atomic mass is 9.95. The zero-order chi connectivity index (χ0) is 16.2. The number of nitrogens with zero attached hydrogens (tertiary/aromatic N) is 2. The average molecular weight is 324 g/mol. The fraction of sp³-hybridized carbons (Fsp3) is 0.667. The highest BCUT2D eigenvalue weighted by molar-refractivity contribution is 5.18. The highest BCUT2D eigenvalue weighted by atomic mass is 19.1. The lowest BCUT2D eigenvalue weighted by molar-refractivity contribution is 0.149. The van der Waals surface area contributed by atoms with E-state index in [0.717, 1.165) is 38.8 Å². The molecule has 2 fully saturated rings. The van der Waals surface area contributed by atoms with Crippen LogP contribution in [0.5, 0.6) is 0 Å². The summed E-state index contributed by atoms with van der Waals surface area (Å²) < 4.78 is 26.7. The Bertz CT molecular complexity index is 499. The number of hydrogen-bond acceptors (Lipinski definition) is 3. The minimum Gasteiger partial charge on any atom is -0.396 e. The molecule has 0 radical (unpaired) electrons. The summed E-state index contributed by atoms with van der Waals surface area (Å²) in [5.74, 6) is -0.350. The number of likely N-dealkylation sites (tertiary alicyclic amines) is 2. The van der Waals surface area contributed by atoms with Crippen LogP contribution in [0.4, 0.5) is 8.78 Å². The van der Waals surface area contributed by atoms with Crippen LogP contribution in [0.15, 0.2) is 18.2 Å². The van der Waals surface area contributed by atoms with E-state index in [1.807, 2.05) is 0 Å². The molecule has 1 N–H and O–H groups in total. The van der Waals surface area contributed by atoms with E-state index in [4.69, 9.17) is 0 Å². The molecule has 3 nitrogen and oxygen atoms in total. The summed E-state index contributed by atoms with van der Waals surface area (Å²) in [6.07, 6.45) is 3.85. The van der Waals surface area contributed by atoms with E-state index in [1.165, 1.54) is 31.4 Å². The Hall–Kier alpha value is -1.04. The van der Waals surface area contributed by atoms with Gasteiger partial charge in [-0.2, -0.15) is 0 Å². The molecule has 2 atom stereocenters. The molecule has 3 rings (SSSR count). The molecule has 0 spiro atoms. The second-order valence-electron chi connectivity index (χ2n) is 7.04. The first-order valence-corrected chi connectivity index (χ1v) is 8.64. The smallest absolute Gasteiger partial charge is 0.126 e. The summed E-state index contributed by atoms with van der Waals surface area (Å²) in [6, 6.07) is 3.70. The molecule has 0 unspecified atom stereocenters. The lowest BCUT2D eigenvalue weighted by Crippen LogP contribution is -2.37. The fourth-order valence-electron chi connectivity index (χ4n) is 4.01. The summed E-state index contributed by atoms with van der Waals surface area (Å²) in [4.78, 5) is 4.71. The van der Waals surface area contributed by atoms with E-state index in [-0.39, 0.29) is 12.5 Å². The number of aliphatic hydroxyl groups excluding tert-OH is 1. The van der Waals surface area contributed by atoms with Crippen LogP contribution in [0.2, 0.25) is 0 Å². The van der Waals surface area contributed by atoms with Gasteiger partial charge < -0.3 is 10.0 Å². The molecule has 2 saturated heterocycles. The van der Waals surface area contributed by atoms with Gasteiger partial charge in [-0.1, -0.05) is 6.42 Å². The van der Waals surface area contributed by atoms with E-state index in [2.05, 4.69) is 9.80 Å². The predicted octanol–water partition coefficient (Wildman–Crippen LogP) is 2.49. The molecule has 0 bridgehead atoms. The van der Waals surface area contributed by atoms with E-state index < -0.39 is 11.6 Å². The highest BCUT2D eigenvalue weighted by Gasteiger charge is 2.33. The maximum absolute atomic E-state index is 13.3. The van der Waals surface area contributed by atoms with Crippen molar-refractivity contribution < 1.29 is 13.9 Å². The predicted molar refractivity (Wildman–Crippen MR) is 86.0 cm³/mol. The number of rotatable bonds is 5. The average Bonchev–Trinajstić information content (AvgIpc) is 2.88. The molecule has 5 heteroatoms. The normalized spacial score (nSPS) is 26.7. The number of aliphatic hydroxyl groups is 1. The Morgan fingerprint density at radius 3 is 2.22 bits per heavy atom. The van der Waals surface area contributed by atoms with E-state index in [9.17, 15) is 13.9 Å². The van der Waals surface area contributed by atoms with Gasteiger partial charge in [-0.3, -0.25) is 4.90 Å². The molecule has 2 aliphatic heterocycles. The number of piperidine rings is 1. The minimum atomic E-state index is -0.525. The Morgan fingerprint density at radius 1 is 0.913 bits per heavy atom. The van der Waals surface area contributed by atoms with Crippen LogP contribution in [0.25, 0.3) is 0 Å². The van der Waals surface area contributed by atoms with Gasteiger partial charge in [-0.15, -0.1) is 0 Å². The van der Waals surface area contributed by atoms with Crippen molar-refractivity contribution in [2.75, 3.05) is 39.3 Å². The second kappa shape index (κ2) is 7.69. The molecule has 23 heavy (non-hydrogen) atoms. The van der Waals surface area contributed by atoms with Crippen LogP contribution in [-0.2, 0) is 6.54 Å². The van der Waals surface area contributed by atoms with Gasteiger partial charge in [0.1, 0.15) is 11.6 Å². The summed E-state index contributed by atoms with van der Waals surface area (Å²) in [7, 11) is 0. The molecule has 0 aliphatic carbocycles. The van der Waals surface area contributed by atoms with Crippen molar-refractivity contribution in [3.05, 3.63) is 35.4 Å². The van der Waals surface area contributed by atoms with Gasteiger partial charge in [0.05, 0.1) is 0 Å². The SMILES string of the molecule is OC[C@@H]1CN(Cc2cc(F)cc(F)c2)C[C@@H]1CN1CCCCC1. The third-order valence-electron chi connectivity index (χ3n) is 5.16. The first-order chi connectivity index (χ1) is 11.1. The highest BCUT2D eigenvalue weighted by Crippen LogP contribution is 2.27. The van der Waals surface area contributed by atoms with Crippen molar-refractivity contribution in [2.45, 2.75) is 25.8 Å². The topological polar surface area (TPSA) is 26.7 Å². The minimum absolute atomic E-state index is 0.187. The Balaban J connectivity index is 1.59. The van der Waals surface area contributed by atoms with Gasteiger partial charge in [0.15, 0.2) is 0 Å². The van der Waals surface area contributed by atoms with Crippen molar-refractivity contribution in [2.24, 2.45) is 11.8 Å². The van der Waals surface area contributed by atoms with Gasteiger partial charge in [-0.25, -0.2) is 8.78 Å². The van der Waals surface area contributed by atoms with Crippen molar-refractivity contribution in [1.82, 2.24) is 9.80 Å². The maximum atomic E-state index is 13.3. The van der Waals surface area contributed by atoms with E-state index in [0.29, 0.717) is 18.0 Å². The summed E-state index contributed by atoms with van der Waals surface area (Å²) >= 11 is 0. The third-order valence-corrected chi connectivity index (χ3v) is 5.16. The van der Waals surface area contributed by atoms with Crippen LogP contribution in [-0.4, -0.2) is 54.2 Å². The molecule has 0 aromatic heterocycles. The van der Waals surface area contributed by atoms with Crippen molar-refractivity contribution >= 4 is 0 Å². The molecule has 2 aliphatic rings. The van der Waals surface area contributed by atoms with Crippen LogP contribution in [0, 0.1) is 23.5 Å². The number of halogens is 2. The van der Waals surface area contributed by atoms with Crippen molar-refractivity contribution in [3.63, 3.8) is 0 Å². The standard InChI is InChI=1S/C18H26F2N2O/c19-17-6-14(7-18(20)8-17)9-22-11-15(16(12-22)13-23)10-21-4-2-1-3-5-21/h6-8,15-16,23H,1-5,9-13H2/t15-,16-/m0/s1. The number of benzene rings is 1. The maximum Gasteiger partial charge on any atom is 0.126 e. The summed E-state index contributed by atoms with van der Waals surface area (Å²) in [6.45, 7) is 5.76. The van der Waals surface area contributed by atoms with Gasteiger partial charge in [-0.05, 0) is 55.5 Å². The van der Waals surface area contributed by atoms with E-state index in [1.54, 1.807) is 0 Å². The molecule has 128 valence electrons. The Morgan fingerprint density at radius 2 is 1.57 bits per heavy atom.